The summed E-state index contributed by atoms with van der Waals surface area (Å²) in [7, 11) is 0. The molecular formula is C25H28N6O5S. The van der Waals surface area contributed by atoms with Crippen LogP contribution in [0.3, 0.4) is 0 Å². The molecule has 4 aromatic heterocycles. The van der Waals surface area contributed by atoms with Gasteiger partial charge in [0, 0.05) is 18.0 Å². The molecule has 1 saturated heterocycles. The van der Waals surface area contributed by atoms with E-state index in [4.69, 9.17) is 13.6 Å². The molecule has 2 atom stereocenters. The number of aryl methyl sites for hydroxylation is 2. The van der Waals surface area contributed by atoms with E-state index in [1.54, 1.807) is 31.2 Å². The van der Waals surface area contributed by atoms with E-state index in [0.717, 1.165) is 23.5 Å². The fourth-order valence-electron chi connectivity index (χ4n) is 4.21. The van der Waals surface area contributed by atoms with E-state index in [1.807, 2.05) is 24.4 Å². The van der Waals surface area contributed by atoms with E-state index in [2.05, 4.69) is 20.7 Å². The van der Waals surface area contributed by atoms with Crippen LogP contribution in [0.25, 0.3) is 11.6 Å². The van der Waals surface area contributed by atoms with Crippen LogP contribution >= 0.6 is 11.3 Å². The van der Waals surface area contributed by atoms with Crippen molar-refractivity contribution in [3.63, 3.8) is 0 Å². The first-order chi connectivity index (χ1) is 18.0. The first-order valence-corrected chi connectivity index (χ1v) is 13.0. The Morgan fingerprint density at radius 3 is 2.70 bits per heavy atom. The fourth-order valence-corrected chi connectivity index (χ4v) is 4.91. The molecule has 0 saturated carbocycles. The molecule has 0 radical (unpaired) electrons. The quantitative estimate of drug-likeness (QED) is 0.335. The zero-order valence-corrected chi connectivity index (χ0v) is 21.4. The minimum Gasteiger partial charge on any atom is -0.464 e. The number of thiophene rings is 1. The summed E-state index contributed by atoms with van der Waals surface area (Å²) in [4.78, 5) is 30.9. The Balaban J connectivity index is 1.40. The van der Waals surface area contributed by atoms with Crippen LogP contribution < -0.4 is 5.32 Å². The number of carbonyl (C=O) groups is 2. The van der Waals surface area contributed by atoms with E-state index in [9.17, 15) is 9.59 Å². The van der Waals surface area contributed by atoms with Crippen molar-refractivity contribution in [3.05, 3.63) is 63.9 Å². The Bertz CT molecular complexity index is 1340. The molecule has 2 amide bonds. The predicted molar refractivity (Wildman–Crippen MR) is 133 cm³/mol. The minimum absolute atomic E-state index is 0.0348. The normalized spacial score (nSPS) is 16.1. The summed E-state index contributed by atoms with van der Waals surface area (Å²) in [5, 5.41) is 17.2. The lowest BCUT2D eigenvalue weighted by molar-refractivity contribution is -0.143. The lowest BCUT2D eigenvalue weighted by Gasteiger charge is -2.29. The number of carbonyl (C=O) groups excluding carboxylic acids is 2. The summed E-state index contributed by atoms with van der Waals surface area (Å²) in [6, 6.07) is 9.89. The van der Waals surface area contributed by atoms with Gasteiger partial charge in [-0.05, 0) is 67.6 Å². The minimum atomic E-state index is -0.986. The summed E-state index contributed by atoms with van der Waals surface area (Å²) in [5.74, 6) is 1.78. The van der Waals surface area contributed by atoms with E-state index < -0.39 is 6.04 Å². The highest BCUT2D eigenvalue weighted by atomic mass is 32.1. The van der Waals surface area contributed by atoms with Crippen molar-refractivity contribution in [3.8, 4) is 11.6 Å². The highest BCUT2D eigenvalue weighted by molar-refractivity contribution is 7.09. The van der Waals surface area contributed by atoms with Crippen molar-refractivity contribution in [1.82, 2.24) is 30.4 Å². The van der Waals surface area contributed by atoms with Gasteiger partial charge in [-0.1, -0.05) is 6.07 Å². The van der Waals surface area contributed by atoms with Crippen LogP contribution in [0.4, 0.5) is 0 Å². The van der Waals surface area contributed by atoms with Crippen LogP contribution in [-0.4, -0.2) is 56.2 Å². The third-order valence-electron chi connectivity index (χ3n) is 6.04. The zero-order chi connectivity index (χ0) is 25.8. The second kappa shape index (κ2) is 11.1. The molecule has 0 bridgehead atoms. The monoisotopic (exact) mass is 524 g/mol. The highest BCUT2D eigenvalue weighted by Gasteiger charge is 2.35. The number of aromatic nitrogens is 4. The molecule has 11 nitrogen and oxygen atoms in total. The van der Waals surface area contributed by atoms with Crippen molar-refractivity contribution >= 4 is 23.2 Å². The molecule has 0 aromatic carbocycles. The molecule has 0 spiro atoms. The van der Waals surface area contributed by atoms with Gasteiger partial charge in [-0.25, -0.2) is 0 Å². The van der Waals surface area contributed by atoms with Crippen molar-refractivity contribution in [2.45, 2.75) is 51.9 Å². The van der Waals surface area contributed by atoms with Gasteiger partial charge in [0.1, 0.15) is 23.8 Å². The molecule has 5 rings (SSSR count). The van der Waals surface area contributed by atoms with Gasteiger partial charge >= 0.3 is 0 Å². The van der Waals surface area contributed by atoms with Gasteiger partial charge in [-0.2, -0.15) is 4.80 Å². The third kappa shape index (κ3) is 5.97. The number of hydrogen-bond donors (Lipinski definition) is 1. The lowest BCUT2D eigenvalue weighted by Crippen LogP contribution is -2.46. The average Bonchev–Trinajstić information content (AvgIpc) is 3.69. The number of ether oxygens (including phenoxy) is 1. The molecule has 1 aliphatic rings. The first kappa shape index (κ1) is 24.9. The van der Waals surface area contributed by atoms with Crippen LogP contribution in [0.1, 0.15) is 41.0 Å². The summed E-state index contributed by atoms with van der Waals surface area (Å²) in [6.07, 6.45) is 1.82. The van der Waals surface area contributed by atoms with Gasteiger partial charge in [-0.15, -0.1) is 21.5 Å². The van der Waals surface area contributed by atoms with E-state index >= 15 is 0 Å². The molecular weight excluding hydrogens is 496 g/mol. The van der Waals surface area contributed by atoms with Crippen LogP contribution in [0.2, 0.25) is 0 Å². The Kier molecular flexibility index (Phi) is 7.47. The first-order valence-electron chi connectivity index (χ1n) is 12.1. The molecule has 0 aliphatic carbocycles. The highest BCUT2D eigenvalue weighted by Crippen LogP contribution is 2.27. The Morgan fingerprint density at radius 1 is 1.19 bits per heavy atom. The second-order valence-electron chi connectivity index (χ2n) is 8.89. The molecule has 0 unspecified atom stereocenters. The molecule has 1 fully saturated rings. The number of hydrogen-bond acceptors (Lipinski definition) is 9. The Morgan fingerprint density at radius 2 is 2.03 bits per heavy atom. The fraction of sp³-hybridized carbons (Fsp3) is 0.400. The summed E-state index contributed by atoms with van der Waals surface area (Å²) in [5.41, 5.74) is 0. The maximum atomic E-state index is 13.7. The van der Waals surface area contributed by atoms with Gasteiger partial charge < -0.3 is 23.8 Å². The predicted octanol–water partition coefficient (Wildman–Crippen LogP) is 3.27. The number of nitrogens with zero attached hydrogens (tertiary/aromatic N) is 5. The van der Waals surface area contributed by atoms with Crippen LogP contribution in [-0.2, 0) is 27.4 Å². The van der Waals surface area contributed by atoms with Crippen molar-refractivity contribution < 1.29 is 23.2 Å². The van der Waals surface area contributed by atoms with Crippen molar-refractivity contribution in [2.24, 2.45) is 0 Å². The zero-order valence-electron chi connectivity index (χ0n) is 20.6. The van der Waals surface area contributed by atoms with Gasteiger partial charge in [0.05, 0.1) is 12.6 Å². The van der Waals surface area contributed by atoms with E-state index in [1.165, 1.54) is 21.0 Å². The van der Waals surface area contributed by atoms with Crippen molar-refractivity contribution in [1.29, 1.82) is 0 Å². The SMILES string of the molecule is Cc1ccc(-c2nnn(CC(=O)N(Cc3cccs3)[C@H](C(=O)NC[C@H]3CCCO3)c3ccc(C)o3)n2)o1. The van der Waals surface area contributed by atoms with Gasteiger partial charge in [-0.3, -0.25) is 9.59 Å². The van der Waals surface area contributed by atoms with Gasteiger partial charge in [0.25, 0.3) is 5.91 Å². The van der Waals surface area contributed by atoms with E-state index in [-0.39, 0.29) is 36.8 Å². The molecule has 4 aromatic rings. The van der Waals surface area contributed by atoms with Crippen molar-refractivity contribution in [2.75, 3.05) is 13.2 Å². The maximum absolute atomic E-state index is 13.7. The second-order valence-corrected chi connectivity index (χ2v) is 9.92. The third-order valence-corrected chi connectivity index (χ3v) is 6.90. The van der Waals surface area contributed by atoms with Gasteiger partial charge in [0.15, 0.2) is 11.8 Å². The molecule has 1 N–H and O–H groups in total. The molecule has 1 aliphatic heterocycles. The molecule has 5 heterocycles. The van der Waals surface area contributed by atoms with Crippen LogP contribution in [0.15, 0.2) is 50.6 Å². The number of amides is 2. The Hall–Kier alpha value is -3.77. The molecule has 12 heteroatoms. The standard InChI is InChI=1S/C25H28N6O5S/c1-16-7-9-20(35-16)23(25(33)26-13-18-5-3-11-34-18)30(14-19-6-4-12-37-19)22(32)15-31-28-24(27-29-31)21-10-8-17(2)36-21/h4,6-10,12,18,23H,3,5,11,13-15H2,1-2H3,(H,26,33)/t18-,23+/m1/s1. The largest absolute Gasteiger partial charge is 0.464 e. The smallest absolute Gasteiger partial charge is 0.250 e. The van der Waals surface area contributed by atoms with E-state index in [0.29, 0.717) is 30.4 Å². The topological polar surface area (TPSA) is 129 Å². The summed E-state index contributed by atoms with van der Waals surface area (Å²) < 4.78 is 17.1. The Labute approximate surface area is 217 Å². The number of rotatable bonds is 10. The maximum Gasteiger partial charge on any atom is 0.250 e. The van der Waals surface area contributed by atoms with Gasteiger partial charge in [0.2, 0.25) is 11.7 Å². The van der Waals surface area contributed by atoms with Crippen LogP contribution in [0, 0.1) is 13.8 Å². The lowest BCUT2D eigenvalue weighted by atomic mass is 10.1. The number of nitrogens with one attached hydrogen (secondary N) is 1. The number of furan rings is 2. The van der Waals surface area contributed by atoms with Crippen LogP contribution in [0.5, 0.6) is 0 Å². The summed E-state index contributed by atoms with van der Waals surface area (Å²) in [6.45, 7) is 4.68. The molecule has 37 heavy (non-hydrogen) atoms. The summed E-state index contributed by atoms with van der Waals surface area (Å²) >= 11 is 1.50. The molecule has 194 valence electrons. The average molecular weight is 525 g/mol. The number of tetrazole rings is 1.